The van der Waals surface area contributed by atoms with Gasteiger partial charge in [-0.1, -0.05) is 32.0 Å². The average Bonchev–Trinajstić information content (AvgIpc) is 2.44. The molecule has 3 heteroatoms. The van der Waals surface area contributed by atoms with Gasteiger partial charge in [0.15, 0.2) is 0 Å². The van der Waals surface area contributed by atoms with Crippen LogP contribution in [0.1, 0.15) is 38.7 Å². The van der Waals surface area contributed by atoms with E-state index < -0.39 is 0 Å². The van der Waals surface area contributed by atoms with E-state index in [4.69, 9.17) is 15.2 Å². The minimum absolute atomic E-state index is 0.254. The zero-order valence-electron chi connectivity index (χ0n) is 12.9. The van der Waals surface area contributed by atoms with Gasteiger partial charge in [-0.25, -0.2) is 0 Å². The van der Waals surface area contributed by atoms with Crippen LogP contribution in [0.3, 0.4) is 0 Å². The molecule has 0 radical (unpaired) electrons. The molecule has 0 saturated heterocycles. The Labute approximate surface area is 122 Å². The third-order valence-corrected chi connectivity index (χ3v) is 4.67. The summed E-state index contributed by atoms with van der Waals surface area (Å²) in [7, 11) is 1.68. The van der Waals surface area contributed by atoms with E-state index >= 15 is 0 Å². The highest BCUT2D eigenvalue weighted by atomic mass is 16.5. The van der Waals surface area contributed by atoms with E-state index in [0.29, 0.717) is 19.1 Å². The zero-order valence-corrected chi connectivity index (χ0v) is 12.9. The molecule has 20 heavy (non-hydrogen) atoms. The number of methoxy groups -OCH3 is 1. The first kappa shape index (κ1) is 15.3. The third-order valence-electron chi connectivity index (χ3n) is 4.67. The second-order valence-corrected chi connectivity index (χ2v) is 6.19. The molecular weight excluding hydrogens is 250 g/mol. The lowest BCUT2D eigenvalue weighted by atomic mass is 9.69. The van der Waals surface area contributed by atoms with Gasteiger partial charge in [0, 0.05) is 18.2 Å². The Kier molecular flexibility index (Phi) is 5.06. The first-order chi connectivity index (χ1) is 9.57. The molecule has 2 N–H and O–H groups in total. The van der Waals surface area contributed by atoms with E-state index in [2.05, 4.69) is 26.0 Å². The summed E-state index contributed by atoms with van der Waals surface area (Å²) < 4.78 is 10.9. The molecule has 0 aromatic heterocycles. The number of hydrogen-bond donors (Lipinski definition) is 1. The molecule has 2 rings (SSSR count). The Morgan fingerprint density at radius 2 is 1.95 bits per heavy atom. The van der Waals surface area contributed by atoms with Gasteiger partial charge in [0.05, 0.1) is 6.61 Å². The summed E-state index contributed by atoms with van der Waals surface area (Å²) in [5.41, 5.74) is 7.62. The molecule has 0 aliphatic heterocycles. The number of rotatable bonds is 5. The largest absolute Gasteiger partial charge is 0.491 e. The van der Waals surface area contributed by atoms with E-state index in [-0.39, 0.29) is 5.54 Å². The van der Waals surface area contributed by atoms with Gasteiger partial charge in [0.25, 0.3) is 0 Å². The highest BCUT2D eigenvalue weighted by Crippen LogP contribution is 2.43. The molecule has 112 valence electrons. The second-order valence-electron chi connectivity index (χ2n) is 6.19. The second kappa shape index (κ2) is 6.59. The van der Waals surface area contributed by atoms with Gasteiger partial charge in [0.2, 0.25) is 0 Å². The van der Waals surface area contributed by atoms with Crippen molar-refractivity contribution in [2.45, 2.75) is 38.6 Å². The molecule has 0 amide bonds. The molecule has 3 unspecified atom stereocenters. The number of nitrogens with two attached hydrogens (primary N) is 1. The van der Waals surface area contributed by atoms with Crippen LogP contribution < -0.4 is 10.5 Å². The van der Waals surface area contributed by atoms with Gasteiger partial charge in [-0.15, -0.1) is 0 Å². The Hall–Kier alpha value is -1.06. The van der Waals surface area contributed by atoms with Gasteiger partial charge >= 0.3 is 0 Å². The molecule has 0 bridgehead atoms. The fraction of sp³-hybridized carbons (Fsp3) is 0.647. The summed E-state index contributed by atoms with van der Waals surface area (Å²) in [4.78, 5) is 0. The molecule has 1 aromatic carbocycles. The van der Waals surface area contributed by atoms with Crippen molar-refractivity contribution in [3.8, 4) is 5.75 Å². The average molecular weight is 277 g/mol. The van der Waals surface area contributed by atoms with E-state index in [1.165, 1.54) is 6.42 Å². The van der Waals surface area contributed by atoms with Crippen LogP contribution in [0.15, 0.2) is 24.3 Å². The maximum absolute atomic E-state index is 6.73. The van der Waals surface area contributed by atoms with Gasteiger partial charge in [-0.05, 0) is 37.2 Å². The Morgan fingerprint density at radius 1 is 1.20 bits per heavy atom. The smallest absolute Gasteiger partial charge is 0.124 e. The van der Waals surface area contributed by atoms with Crippen molar-refractivity contribution in [2.75, 3.05) is 20.3 Å². The summed E-state index contributed by atoms with van der Waals surface area (Å²) in [6.07, 6.45) is 3.24. The fourth-order valence-corrected chi connectivity index (χ4v) is 3.13. The first-order valence-corrected chi connectivity index (χ1v) is 7.57. The van der Waals surface area contributed by atoms with Crippen molar-refractivity contribution in [3.05, 3.63) is 29.8 Å². The maximum Gasteiger partial charge on any atom is 0.124 e. The van der Waals surface area contributed by atoms with Gasteiger partial charge in [0.1, 0.15) is 12.4 Å². The predicted molar refractivity (Wildman–Crippen MR) is 81.9 cm³/mol. The van der Waals surface area contributed by atoms with Crippen molar-refractivity contribution < 1.29 is 9.47 Å². The van der Waals surface area contributed by atoms with Crippen LogP contribution in [0.25, 0.3) is 0 Å². The summed E-state index contributed by atoms with van der Waals surface area (Å²) in [6.45, 7) is 5.79. The molecule has 3 nitrogen and oxygen atoms in total. The summed E-state index contributed by atoms with van der Waals surface area (Å²) in [5, 5.41) is 0. The Balaban J connectivity index is 2.18. The molecule has 1 fully saturated rings. The standard InChI is InChI=1S/C17H27NO2/c1-13-8-9-17(18,12-14(13)2)15-6-4-5-7-16(15)20-11-10-19-3/h4-7,13-14H,8-12,18H2,1-3H3. The molecule has 1 aliphatic carbocycles. The number of benzene rings is 1. The van der Waals surface area contributed by atoms with E-state index in [1.54, 1.807) is 7.11 Å². The molecule has 1 aliphatic rings. The third kappa shape index (κ3) is 3.33. The van der Waals surface area contributed by atoms with E-state index in [9.17, 15) is 0 Å². The lowest BCUT2D eigenvalue weighted by Gasteiger charge is -2.41. The quantitative estimate of drug-likeness (QED) is 0.840. The summed E-state index contributed by atoms with van der Waals surface area (Å²) >= 11 is 0. The van der Waals surface area contributed by atoms with Crippen molar-refractivity contribution in [3.63, 3.8) is 0 Å². The molecule has 1 aromatic rings. The van der Waals surface area contributed by atoms with Crippen LogP contribution >= 0.6 is 0 Å². The predicted octanol–water partition coefficient (Wildman–Crippen LogP) is 3.32. The molecule has 0 spiro atoms. The van der Waals surface area contributed by atoms with Crippen LogP contribution in [0, 0.1) is 11.8 Å². The van der Waals surface area contributed by atoms with E-state index in [1.807, 2.05) is 12.1 Å². The van der Waals surface area contributed by atoms with E-state index in [0.717, 1.165) is 30.1 Å². The minimum atomic E-state index is -0.254. The maximum atomic E-state index is 6.73. The Morgan fingerprint density at radius 3 is 2.65 bits per heavy atom. The summed E-state index contributed by atoms with van der Waals surface area (Å²) in [5.74, 6) is 2.32. The molecule has 0 heterocycles. The molecular formula is C17H27NO2. The lowest BCUT2D eigenvalue weighted by Crippen LogP contribution is -2.43. The van der Waals surface area contributed by atoms with Crippen LogP contribution in [0.4, 0.5) is 0 Å². The van der Waals surface area contributed by atoms with Crippen LogP contribution in [-0.4, -0.2) is 20.3 Å². The summed E-state index contributed by atoms with van der Waals surface area (Å²) in [6, 6.07) is 8.19. The van der Waals surface area contributed by atoms with Gasteiger partial charge in [-0.3, -0.25) is 0 Å². The van der Waals surface area contributed by atoms with Crippen molar-refractivity contribution in [1.82, 2.24) is 0 Å². The Bertz CT molecular complexity index is 435. The van der Waals surface area contributed by atoms with Gasteiger partial charge < -0.3 is 15.2 Å². The van der Waals surface area contributed by atoms with Crippen LogP contribution in [-0.2, 0) is 10.3 Å². The number of ether oxygens (including phenoxy) is 2. The first-order valence-electron chi connectivity index (χ1n) is 7.57. The minimum Gasteiger partial charge on any atom is -0.491 e. The van der Waals surface area contributed by atoms with Crippen molar-refractivity contribution in [1.29, 1.82) is 0 Å². The highest BCUT2D eigenvalue weighted by molar-refractivity contribution is 5.39. The SMILES string of the molecule is COCCOc1ccccc1C1(N)CCC(C)C(C)C1. The van der Waals surface area contributed by atoms with Crippen molar-refractivity contribution in [2.24, 2.45) is 17.6 Å². The number of para-hydroxylation sites is 1. The van der Waals surface area contributed by atoms with Crippen LogP contribution in [0.5, 0.6) is 5.75 Å². The highest BCUT2D eigenvalue weighted by Gasteiger charge is 2.37. The van der Waals surface area contributed by atoms with Gasteiger partial charge in [-0.2, -0.15) is 0 Å². The zero-order chi connectivity index (χ0) is 14.6. The molecule has 3 atom stereocenters. The number of hydrogen-bond acceptors (Lipinski definition) is 3. The monoisotopic (exact) mass is 277 g/mol. The fourth-order valence-electron chi connectivity index (χ4n) is 3.13. The topological polar surface area (TPSA) is 44.5 Å². The normalized spacial score (nSPS) is 30.2. The van der Waals surface area contributed by atoms with Crippen molar-refractivity contribution >= 4 is 0 Å². The molecule has 1 saturated carbocycles. The van der Waals surface area contributed by atoms with Crippen LogP contribution in [0.2, 0.25) is 0 Å². The lowest BCUT2D eigenvalue weighted by molar-refractivity contribution is 0.139.